The second-order valence-electron chi connectivity index (χ2n) is 10.7. The highest BCUT2D eigenvalue weighted by atomic mass is 16.4. The molecule has 15 nitrogen and oxygen atoms in total. The molecule has 1 heterocycles. The Balaban J connectivity index is 2.45. The van der Waals surface area contributed by atoms with Gasteiger partial charge in [-0.2, -0.15) is 0 Å². The Morgan fingerprint density at radius 3 is 2.02 bits per heavy atom. The Morgan fingerprint density at radius 2 is 1.41 bits per heavy atom. The van der Waals surface area contributed by atoms with Crippen molar-refractivity contribution >= 4 is 41.3 Å². The summed E-state index contributed by atoms with van der Waals surface area (Å²) in [4.78, 5) is 81.6. The number of benzene rings is 1. The van der Waals surface area contributed by atoms with Crippen LogP contribution in [0, 0.1) is 0 Å². The summed E-state index contributed by atoms with van der Waals surface area (Å²) in [5.41, 5.74) is 6.13. The predicted octanol–water partition coefficient (Wildman–Crippen LogP) is -0.784. The molecule has 1 aliphatic rings. The SMILES string of the molecule is CCCCC[C@@H]1NC(=O)[C@@H](Cc2ccc(O)cc2)NC(=O)[C@H](CC(=O)O)NC(=O)CNC(=O)[C@H](CCCN=C(C)N)NC1=O. The Kier molecular flexibility index (Phi) is 14.6. The first-order valence-corrected chi connectivity index (χ1v) is 14.6. The molecule has 0 saturated carbocycles. The van der Waals surface area contributed by atoms with E-state index < -0.39 is 72.6 Å². The van der Waals surface area contributed by atoms with Crippen LogP contribution in [-0.4, -0.2) is 88.8 Å². The molecule has 15 heteroatoms. The standard InChI is InChI=1S/C29H43N7O8/c1-3-4-5-7-21-27(42)34-20(8-6-13-31-17(2)30)26(41)32-16-24(38)33-23(15-25(39)40)29(44)36-22(28(43)35-21)14-18-9-11-19(37)12-10-18/h9-12,20-23,37H,3-8,13-16H2,1-2H3,(H2,30,31)(H,32,41)(H,33,38)(H,34,42)(H,35,43)(H,36,44)(H,39,40)/t20-,21-,22+,23-/m0/s1. The average molecular weight is 618 g/mol. The molecule has 44 heavy (non-hydrogen) atoms. The average Bonchev–Trinajstić information content (AvgIpc) is 2.96. The minimum Gasteiger partial charge on any atom is -0.508 e. The summed E-state index contributed by atoms with van der Waals surface area (Å²) >= 11 is 0. The van der Waals surface area contributed by atoms with Crippen LogP contribution in [0.15, 0.2) is 29.3 Å². The predicted molar refractivity (Wildman–Crippen MR) is 160 cm³/mol. The number of nitrogens with one attached hydrogen (secondary N) is 5. The van der Waals surface area contributed by atoms with Crippen molar-refractivity contribution in [2.75, 3.05) is 13.1 Å². The molecule has 1 aliphatic heterocycles. The van der Waals surface area contributed by atoms with E-state index in [2.05, 4.69) is 31.6 Å². The number of hydrogen-bond acceptors (Lipinski definition) is 8. The number of carboxylic acid groups (broad SMARTS) is 1. The smallest absolute Gasteiger partial charge is 0.305 e. The number of carbonyl (C=O) groups is 6. The van der Waals surface area contributed by atoms with Crippen LogP contribution < -0.4 is 32.3 Å². The van der Waals surface area contributed by atoms with Gasteiger partial charge in [0.05, 0.1) is 18.8 Å². The molecule has 1 fully saturated rings. The molecule has 0 unspecified atom stereocenters. The molecule has 4 atom stereocenters. The molecule has 1 saturated heterocycles. The van der Waals surface area contributed by atoms with Crippen molar-refractivity contribution in [1.29, 1.82) is 0 Å². The number of phenols is 1. The minimum atomic E-state index is -1.56. The van der Waals surface area contributed by atoms with E-state index in [9.17, 15) is 39.0 Å². The largest absolute Gasteiger partial charge is 0.508 e. The van der Waals surface area contributed by atoms with E-state index in [4.69, 9.17) is 5.73 Å². The second kappa shape index (κ2) is 18.1. The number of rotatable bonds is 12. The van der Waals surface area contributed by atoms with Gasteiger partial charge >= 0.3 is 5.97 Å². The number of phenolic OH excluding ortho intramolecular Hbond substituents is 1. The second-order valence-corrected chi connectivity index (χ2v) is 10.7. The molecule has 1 aromatic rings. The van der Waals surface area contributed by atoms with Gasteiger partial charge in [-0.25, -0.2) is 0 Å². The third kappa shape index (κ3) is 12.7. The summed E-state index contributed by atoms with van der Waals surface area (Å²) in [5.74, 6) is -4.85. The van der Waals surface area contributed by atoms with Crippen LogP contribution in [0.5, 0.6) is 5.75 Å². The first-order chi connectivity index (χ1) is 20.9. The van der Waals surface area contributed by atoms with Gasteiger partial charge in [-0.1, -0.05) is 38.3 Å². The van der Waals surface area contributed by atoms with Crippen LogP contribution in [0.2, 0.25) is 0 Å². The summed E-state index contributed by atoms with van der Waals surface area (Å²) in [5, 5.41) is 31.6. The van der Waals surface area contributed by atoms with E-state index in [-0.39, 0.29) is 25.0 Å². The number of amidine groups is 1. The monoisotopic (exact) mass is 617 g/mol. The minimum absolute atomic E-state index is 0.0103. The van der Waals surface area contributed by atoms with Gasteiger partial charge in [-0.15, -0.1) is 0 Å². The number of nitrogens with two attached hydrogens (primary N) is 1. The van der Waals surface area contributed by atoms with E-state index in [1.165, 1.54) is 12.1 Å². The fourth-order valence-electron chi connectivity index (χ4n) is 4.50. The maximum atomic E-state index is 13.6. The summed E-state index contributed by atoms with van der Waals surface area (Å²) in [6.45, 7) is 3.30. The van der Waals surface area contributed by atoms with Gasteiger partial charge in [0.2, 0.25) is 29.5 Å². The zero-order valence-corrected chi connectivity index (χ0v) is 25.1. The number of hydrogen-bond donors (Lipinski definition) is 8. The van der Waals surface area contributed by atoms with Gasteiger partial charge in [0.25, 0.3) is 0 Å². The molecule has 0 spiro atoms. The van der Waals surface area contributed by atoms with Gasteiger partial charge in [-0.3, -0.25) is 33.8 Å². The zero-order chi connectivity index (χ0) is 32.6. The van der Waals surface area contributed by atoms with Gasteiger partial charge in [-0.05, 0) is 43.9 Å². The van der Waals surface area contributed by atoms with Crippen molar-refractivity contribution in [2.24, 2.45) is 10.7 Å². The molecule has 0 bridgehead atoms. The van der Waals surface area contributed by atoms with E-state index in [0.29, 0.717) is 30.8 Å². The van der Waals surface area contributed by atoms with Crippen molar-refractivity contribution in [2.45, 2.75) is 89.4 Å². The fraction of sp³-hybridized carbons (Fsp3) is 0.552. The molecular formula is C29H43N7O8. The quantitative estimate of drug-likeness (QED) is 0.0832. The van der Waals surface area contributed by atoms with Crippen molar-refractivity contribution < 1.29 is 39.0 Å². The first kappa shape index (κ1) is 35.5. The van der Waals surface area contributed by atoms with Crippen molar-refractivity contribution in [1.82, 2.24) is 26.6 Å². The van der Waals surface area contributed by atoms with E-state index in [1.54, 1.807) is 19.1 Å². The highest BCUT2D eigenvalue weighted by Gasteiger charge is 2.33. The number of carboxylic acids is 1. The van der Waals surface area contributed by atoms with Gasteiger partial charge in [0.1, 0.15) is 29.9 Å². The van der Waals surface area contributed by atoms with E-state index in [1.807, 2.05) is 6.92 Å². The van der Waals surface area contributed by atoms with Crippen LogP contribution in [-0.2, 0) is 35.2 Å². The fourth-order valence-corrected chi connectivity index (χ4v) is 4.50. The highest BCUT2D eigenvalue weighted by molar-refractivity contribution is 5.98. The number of aliphatic imine (C=N–C) groups is 1. The molecule has 2 rings (SSSR count). The maximum Gasteiger partial charge on any atom is 0.305 e. The molecule has 9 N–H and O–H groups in total. The summed E-state index contributed by atoms with van der Waals surface area (Å²) in [7, 11) is 0. The van der Waals surface area contributed by atoms with E-state index >= 15 is 0 Å². The molecular weight excluding hydrogens is 574 g/mol. The molecule has 0 aliphatic carbocycles. The normalized spacial score (nSPS) is 22.4. The summed E-state index contributed by atoms with van der Waals surface area (Å²) < 4.78 is 0. The summed E-state index contributed by atoms with van der Waals surface area (Å²) in [6, 6.07) is 0.912. The molecule has 5 amide bonds. The number of unbranched alkanes of at least 4 members (excludes halogenated alkanes) is 2. The van der Waals surface area contributed by atoms with Crippen molar-refractivity contribution in [3.05, 3.63) is 29.8 Å². The number of aromatic hydroxyl groups is 1. The number of nitrogens with zero attached hydrogens (tertiary/aromatic N) is 1. The topological polar surface area (TPSA) is 241 Å². The Morgan fingerprint density at radius 1 is 0.841 bits per heavy atom. The van der Waals surface area contributed by atoms with Crippen LogP contribution in [0.3, 0.4) is 0 Å². The Bertz CT molecular complexity index is 1200. The zero-order valence-electron chi connectivity index (χ0n) is 25.1. The van der Waals surface area contributed by atoms with Gasteiger partial charge in [0, 0.05) is 13.0 Å². The van der Waals surface area contributed by atoms with Crippen LogP contribution in [0.25, 0.3) is 0 Å². The number of carbonyl (C=O) groups excluding carboxylic acids is 5. The van der Waals surface area contributed by atoms with Gasteiger partial charge < -0.3 is 42.5 Å². The van der Waals surface area contributed by atoms with Crippen LogP contribution in [0.1, 0.15) is 64.4 Å². The Labute approximate surface area is 255 Å². The molecule has 0 radical (unpaired) electrons. The van der Waals surface area contributed by atoms with Crippen LogP contribution >= 0.6 is 0 Å². The van der Waals surface area contributed by atoms with Gasteiger partial charge in [0.15, 0.2) is 0 Å². The molecule has 242 valence electrons. The third-order valence-corrected chi connectivity index (χ3v) is 6.84. The lowest BCUT2D eigenvalue weighted by Gasteiger charge is -2.26. The maximum absolute atomic E-state index is 13.6. The van der Waals surface area contributed by atoms with Crippen LogP contribution in [0.4, 0.5) is 0 Å². The molecule has 0 aromatic heterocycles. The van der Waals surface area contributed by atoms with E-state index in [0.717, 1.165) is 12.8 Å². The number of aliphatic carboxylic acids is 1. The lowest BCUT2D eigenvalue weighted by molar-refractivity contribution is -0.141. The van der Waals surface area contributed by atoms with Crippen molar-refractivity contribution in [3.8, 4) is 5.75 Å². The lowest BCUT2D eigenvalue weighted by Crippen LogP contribution is -2.58. The third-order valence-electron chi connectivity index (χ3n) is 6.84. The Hall–Kier alpha value is -4.69. The highest BCUT2D eigenvalue weighted by Crippen LogP contribution is 2.13. The number of amides is 5. The summed E-state index contributed by atoms with van der Waals surface area (Å²) in [6.07, 6.45) is 2.12. The van der Waals surface area contributed by atoms with Crippen molar-refractivity contribution in [3.63, 3.8) is 0 Å². The lowest BCUT2D eigenvalue weighted by atomic mass is 10.0. The first-order valence-electron chi connectivity index (χ1n) is 14.6. The molecule has 1 aromatic carbocycles.